The maximum atomic E-state index is 12.5. The zero-order valence-electron chi connectivity index (χ0n) is 13.5. The summed E-state index contributed by atoms with van der Waals surface area (Å²) in [4.78, 5) is 15.6. The second-order valence-corrected chi connectivity index (χ2v) is 6.61. The monoisotopic (exact) mass is 349 g/mol. The minimum absolute atomic E-state index is 0.0447. The maximum Gasteiger partial charge on any atom is 0.246 e. The third-order valence-electron chi connectivity index (χ3n) is 4.39. The first-order valence-electron chi connectivity index (χ1n) is 8.01. The van der Waals surface area contributed by atoms with Crippen LogP contribution >= 0.6 is 11.6 Å². The van der Waals surface area contributed by atoms with Crippen LogP contribution in [-0.4, -0.2) is 55.3 Å². The first kappa shape index (κ1) is 16.9. The Balaban J connectivity index is 1.67. The number of aliphatic hydroxyl groups is 1. The van der Waals surface area contributed by atoms with Crippen LogP contribution in [0.3, 0.4) is 0 Å². The summed E-state index contributed by atoms with van der Waals surface area (Å²) in [6, 6.07) is 7.30. The van der Waals surface area contributed by atoms with Crippen molar-refractivity contribution in [2.75, 3.05) is 13.2 Å². The fourth-order valence-electron chi connectivity index (χ4n) is 2.92. The van der Waals surface area contributed by atoms with Crippen molar-refractivity contribution in [2.24, 2.45) is 5.92 Å². The Labute approximate surface area is 145 Å². The summed E-state index contributed by atoms with van der Waals surface area (Å²) in [5.74, 6) is 0.554. The lowest BCUT2D eigenvalue weighted by Crippen LogP contribution is -2.47. The molecule has 1 aliphatic rings. The van der Waals surface area contributed by atoms with E-state index in [0.717, 1.165) is 18.4 Å². The highest BCUT2D eigenvalue weighted by molar-refractivity contribution is 6.30. The van der Waals surface area contributed by atoms with Crippen LogP contribution in [0.1, 0.15) is 19.8 Å². The van der Waals surface area contributed by atoms with Crippen molar-refractivity contribution in [3.05, 3.63) is 29.3 Å². The molecule has 2 unspecified atom stereocenters. The van der Waals surface area contributed by atoms with Crippen molar-refractivity contribution in [2.45, 2.75) is 32.4 Å². The number of rotatable bonds is 4. The van der Waals surface area contributed by atoms with Gasteiger partial charge in [0.2, 0.25) is 11.7 Å². The van der Waals surface area contributed by atoms with Gasteiger partial charge in [-0.1, -0.05) is 11.6 Å². The van der Waals surface area contributed by atoms with Crippen molar-refractivity contribution in [1.29, 1.82) is 0 Å². The SMILES string of the molecule is CC1CCC(CO)CN1C(=O)Cn1nnc(-c2ccc(Cl)cc2)n1. The number of tetrazole rings is 1. The quantitative estimate of drug-likeness (QED) is 0.906. The number of carbonyl (C=O) groups is 1. The molecule has 2 heterocycles. The standard InChI is InChI=1S/C16H20ClN5O2/c1-11-2-3-12(10-23)8-21(11)15(24)9-22-19-16(18-20-22)13-4-6-14(17)7-5-13/h4-7,11-12,23H,2-3,8-10H2,1H3. The van der Waals surface area contributed by atoms with Gasteiger partial charge in [0.1, 0.15) is 6.54 Å². The summed E-state index contributed by atoms with van der Waals surface area (Å²) in [6.45, 7) is 2.76. The van der Waals surface area contributed by atoms with Crippen molar-refractivity contribution in [1.82, 2.24) is 25.1 Å². The number of hydrogen-bond donors (Lipinski definition) is 1. The molecular weight excluding hydrogens is 330 g/mol. The van der Waals surface area contributed by atoms with Crippen LogP contribution in [0.5, 0.6) is 0 Å². The van der Waals surface area contributed by atoms with Gasteiger partial charge in [-0.2, -0.15) is 4.80 Å². The molecule has 1 aromatic heterocycles. The number of likely N-dealkylation sites (tertiary alicyclic amines) is 1. The predicted molar refractivity (Wildman–Crippen MR) is 89.2 cm³/mol. The third kappa shape index (κ3) is 3.73. The summed E-state index contributed by atoms with van der Waals surface area (Å²) in [5.41, 5.74) is 0.796. The minimum atomic E-state index is -0.0549. The van der Waals surface area contributed by atoms with E-state index in [1.165, 1.54) is 4.80 Å². The van der Waals surface area contributed by atoms with E-state index in [1.807, 2.05) is 19.1 Å². The van der Waals surface area contributed by atoms with Gasteiger partial charge >= 0.3 is 0 Å². The van der Waals surface area contributed by atoms with Crippen molar-refractivity contribution < 1.29 is 9.90 Å². The number of aromatic nitrogens is 4. The topological polar surface area (TPSA) is 84.1 Å². The zero-order chi connectivity index (χ0) is 17.1. The van der Waals surface area contributed by atoms with E-state index >= 15 is 0 Å². The van der Waals surface area contributed by atoms with Gasteiger partial charge in [0.05, 0.1) is 0 Å². The summed E-state index contributed by atoms with van der Waals surface area (Å²) < 4.78 is 0. The molecule has 24 heavy (non-hydrogen) atoms. The Morgan fingerprint density at radius 1 is 1.33 bits per heavy atom. The van der Waals surface area contributed by atoms with E-state index in [2.05, 4.69) is 15.4 Å². The van der Waals surface area contributed by atoms with Crippen LogP contribution in [0.2, 0.25) is 5.02 Å². The molecule has 7 nitrogen and oxygen atoms in total. The highest BCUT2D eigenvalue weighted by Crippen LogP contribution is 2.22. The van der Waals surface area contributed by atoms with Gasteiger partial charge in [-0.15, -0.1) is 10.2 Å². The average Bonchev–Trinajstić information content (AvgIpc) is 3.04. The normalized spacial score (nSPS) is 21.0. The molecule has 1 fully saturated rings. The number of aliphatic hydroxyl groups excluding tert-OH is 1. The maximum absolute atomic E-state index is 12.5. The van der Waals surface area contributed by atoms with Crippen molar-refractivity contribution >= 4 is 17.5 Å². The second kappa shape index (κ2) is 7.27. The Kier molecular flexibility index (Phi) is 5.11. The largest absolute Gasteiger partial charge is 0.396 e. The number of piperidine rings is 1. The average molecular weight is 350 g/mol. The van der Waals surface area contributed by atoms with Crippen molar-refractivity contribution in [3.63, 3.8) is 0 Å². The van der Waals surface area contributed by atoms with Crippen LogP contribution in [0, 0.1) is 5.92 Å². The molecule has 128 valence electrons. The number of nitrogens with zero attached hydrogens (tertiary/aromatic N) is 5. The Bertz CT molecular complexity index is 703. The summed E-state index contributed by atoms with van der Waals surface area (Å²) in [6.07, 6.45) is 1.85. The fraction of sp³-hybridized carbons (Fsp3) is 0.500. The van der Waals surface area contributed by atoms with Crippen molar-refractivity contribution in [3.8, 4) is 11.4 Å². The lowest BCUT2D eigenvalue weighted by Gasteiger charge is -2.37. The zero-order valence-corrected chi connectivity index (χ0v) is 14.2. The Hall–Kier alpha value is -1.99. The molecule has 0 saturated carbocycles. The molecule has 0 spiro atoms. The molecule has 0 aliphatic carbocycles. The number of benzene rings is 1. The van der Waals surface area contributed by atoms with E-state index in [1.54, 1.807) is 17.0 Å². The van der Waals surface area contributed by atoms with E-state index in [0.29, 0.717) is 17.4 Å². The first-order chi connectivity index (χ1) is 11.6. The summed E-state index contributed by atoms with van der Waals surface area (Å²) in [7, 11) is 0. The molecule has 2 atom stereocenters. The van der Waals surface area contributed by atoms with Gasteiger partial charge < -0.3 is 10.0 Å². The fourth-order valence-corrected chi connectivity index (χ4v) is 3.04. The van der Waals surface area contributed by atoms with Gasteiger partial charge in [-0.25, -0.2) is 0 Å². The Morgan fingerprint density at radius 3 is 2.79 bits per heavy atom. The van der Waals surface area contributed by atoms with Gasteiger partial charge in [0.15, 0.2) is 0 Å². The first-order valence-corrected chi connectivity index (χ1v) is 8.38. The minimum Gasteiger partial charge on any atom is -0.396 e. The molecular formula is C16H20ClN5O2. The summed E-state index contributed by atoms with van der Waals surface area (Å²) in [5, 5.41) is 22.2. The van der Waals surface area contributed by atoms with Crippen LogP contribution in [0.25, 0.3) is 11.4 Å². The predicted octanol–water partition coefficient (Wildman–Crippen LogP) is 1.61. The van der Waals surface area contributed by atoms with E-state index in [-0.39, 0.29) is 31.0 Å². The van der Waals surface area contributed by atoms with Crippen LogP contribution in [0.15, 0.2) is 24.3 Å². The van der Waals surface area contributed by atoms with Gasteiger partial charge in [-0.3, -0.25) is 4.79 Å². The second-order valence-electron chi connectivity index (χ2n) is 6.17. The highest BCUT2D eigenvalue weighted by atomic mass is 35.5. The molecule has 1 saturated heterocycles. The lowest BCUT2D eigenvalue weighted by atomic mass is 9.94. The van der Waals surface area contributed by atoms with Gasteiger partial charge in [-0.05, 0) is 55.2 Å². The van der Waals surface area contributed by atoms with E-state index in [4.69, 9.17) is 11.6 Å². The molecule has 3 rings (SSSR count). The summed E-state index contributed by atoms with van der Waals surface area (Å²) >= 11 is 5.87. The Morgan fingerprint density at radius 2 is 2.08 bits per heavy atom. The number of amides is 1. The van der Waals surface area contributed by atoms with E-state index < -0.39 is 0 Å². The molecule has 1 amide bonds. The van der Waals surface area contributed by atoms with Crippen LogP contribution < -0.4 is 0 Å². The molecule has 0 radical (unpaired) electrons. The molecule has 0 bridgehead atoms. The van der Waals surface area contributed by atoms with Gasteiger partial charge in [0, 0.05) is 29.8 Å². The van der Waals surface area contributed by atoms with Gasteiger partial charge in [0.25, 0.3) is 0 Å². The molecule has 1 aliphatic heterocycles. The lowest BCUT2D eigenvalue weighted by molar-refractivity contribution is -0.137. The smallest absolute Gasteiger partial charge is 0.246 e. The molecule has 1 aromatic carbocycles. The molecule has 8 heteroatoms. The third-order valence-corrected chi connectivity index (χ3v) is 4.64. The van der Waals surface area contributed by atoms with Crippen LogP contribution in [0.4, 0.5) is 0 Å². The number of halogens is 1. The number of carbonyl (C=O) groups excluding carboxylic acids is 1. The molecule has 1 N–H and O–H groups in total. The van der Waals surface area contributed by atoms with E-state index in [9.17, 15) is 9.90 Å². The molecule has 2 aromatic rings. The number of hydrogen-bond acceptors (Lipinski definition) is 5. The highest BCUT2D eigenvalue weighted by Gasteiger charge is 2.29. The van der Waals surface area contributed by atoms with Crippen LogP contribution in [-0.2, 0) is 11.3 Å².